The zero-order chi connectivity index (χ0) is 13.6. The number of aryl methyl sites for hydroxylation is 1. The van der Waals surface area contributed by atoms with Crippen molar-refractivity contribution in [1.82, 2.24) is 4.90 Å². The predicted octanol–water partition coefficient (Wildman–Crippen LogP) is 2.37. The maximum atomic E-state index is 12.1. The largest absolute Gasteiger partial charge is 0.452 e. The zero-order valence-electron chi connectivity index (χ0n) is 11.7. The van der Waals surface area contributed by atoms with Gasteiger partial charge in [-0.3, -0.25) is 4.90 Å². The Morgan fingerprint density at radius 1 is 1.42 bits per heavy atom. The van der Waals surface area contributed by atoms with Gasteiger partial charge in [-0.2, -0.15) is 0 Å². The Morgan fingerprint density at radius 3 is 2.95 bits per heavy atom. The van der Waals surface area contributed by atoms with Gasteiger partial charge in [-0.15, -0.1) is 0 Å². The highest BCUT2D eigenvalue weighted by Crippen LogP contribution is 2.45. The molecule has 2 aliphatic rings. The highest BCUT2D eigenvalue weighted by atomic mass is 16.5. The van der Waals surface area contributed by atoms with Gasteiger partial charge in [0, 0.05) is 18.5 Å². The number of likely N-dealkylation sites (N-methyl/N-ethyl adjacent to an activating group) is 1. The Balaban J connectivity index is 2.06. The van der Waals surface area contributed by atoms with Crippen LogP contribution in [-0.4, -0.2) is 44.3 Å². The van der Waals surface area contributed by atoms with Gasteiger partial charge >= 0.3 is 6.09 Å². The van der Waals surface area contributed by atoms with Gasteiger partial charge in [0.05, 0.1) is 12.8 Å². The molecule has 0 unspecified atom stereocenters. The number of ether oxygens (including phenoxy) is 1. The smallest absolute Gasteiger partial charge is 0.414 e. The van der Waals surface area contributed by atoms with E-state index in [9.17, 15) is 4.79 Å². The van der Waals surface area contributed by atoms with Crippen molar-refractivity contribution in [2.75, 3.05) is 32.1 Å². The second-order valence-electron chi connectivity index (χ2n) is 5.63. The van der Waals surface area contributed by atoms with Crippen molar-refractivity contribution >= 4 is 11.8 Å². The molecule has 0 spiro atoms. The summed E-state index contributed by atoms with van der Waals surface area (Å²) >= 11 is 0. The van der Waals surface area contributed by atoms with Gasteiger partial charge in [0.1, 0.15) is 0 Å². The number of rotatable bonds is 0. The van der Waals surface area contributed by atoms with Crippen molar-refractivity contribution in [3.05, 3.63) is 29.3 Å². The van der Waals surface area contributed by atoms with Crippen LogP contribution in [0.25, 0.3) is 0 Å². The number of carbonyl (C=O) groups is 1. The molecule has 1 fully saturated rings. The van der Waals surface area contributed by atoms with Crippen molar-refractivity contribution in [1.29, 1.82) is 0 Å². The molecular formula is C15H20N2O2. The molecule has 1 aromatic rings. The average Bonchev–Trinajstić information content (AvgIpc) is 2.71. The molecule has 2 heterocycles. The molecule has 0 bridgehead atoms. The second kappa shape index (κ2) is 4.53. The summed E-state index contributed by atoms with van der Waals surface area (Å²) < 4.78 is 4.97. The molecule has 1 amide bonds. The van der Waals surface area contributed by atoms with Crippen LogP contribution in [0.15, 0.2) is 18.2 Å². The van der Waals surface area contributed by atoms with Gasteiger partial charge in [-0.1, -0.05) is 17.7 Å². The Kier molecular flexibility index (Phi) is 2.97. The number of nitrogens with zero attached hydrogens (tertiary/aromatic N) is 2. The summed E-state index contributed by atoms with van der Waals surface area (Å²) in [4.78, 5) is 16.3. The molecule has 1 saturated heterocycles. The van der Waals surface area contributed by atoms with Crippen LogP contribution in [0.1, 0.15) is 23.5 Å². The number of piperidine rings is 1. The van der Waals surface area contributed by atoms with Gasteiger partial charge in [0.2, 0.25) is 0 Å². The Hall–Kier alpha value is -1.55. The highest BCUT2D eigenvalue weighted by Gasteiger charge is 2.44. The van der Waals surface area contributed by atoms with Crippen molar-refractivity contribution in [3.63, 3.8) is 0 Å². The normalized spacial score (nSPS) is 25.9. The zero-order valence-corrected chi connectivity index (χ0v) is 11.7. The molecule has 2 atom stereocenters. The SMILES string of the molecule is COC(=O)N1c2ccc(C)cc2[C@H]2CN(C)CC[C@@H]21. The van der Waals surface area contributed by atoms with E-state index in [0.29, 0.717) is 5.92 Å². The summed E-state index contributed by atoms with van der Waals surface area (Å²) in [5.41, 5.74) is 3.57. The van der Waals surface area contributed by atoms with E-state index in [4.69, 9.17) is 4.74 Å². The molecule has 0 radical (unpaired) electrons. The first-order valence-electron chi connectivity index (χ1n) is 6.78. The van der Waals surface area contributed by atoms with Crippen LogP contribution < -0.4 is 4.90 Å². The second-order valence-corrected chi connectivity index (χ2v) is 5.63. The lowest BCUT2D eigenvalue weighted by Crippen LogP contribution is -2.47. The summed E-state index contributed by atoms with van der Waals surface area (Å²) in [6.45, 7) is 4.14. The Morgan fingerprint density at radius 2 is 2.21 bits per heavy atom. The first-order chi connectivity index (χ1) is 9.11. The maximum absolute atomic E-state index is 12.1. The molecule has 0 aliphatic carbocycles. The number of benzene rings is 1. The van der Waals surface area contributed by atoms with E-state index in [2.05, 4.69) is 37.1 Å². The summed E-state index contributed by atoms with van der Waals surface area (Å²) in [5, 5.41) is 0. The van der Waals surface area contributed by atoms with Crippen LogP contribution in [0.4, 0.5) is 10.5 Å². The summed E-state index contributed by atoms with van der Waals surface area (Å²) in [6.07, 6.45) is 0.770. The number of hydrogen-bond acceptors (Lipinski definition) is 3. The average molecular weight is 260 g/mol. The third kappa shape index (κ3) is 1.91. The molecule has 2 aliphatic heterocycles. The maximum Gasteiger partial charge on any atom is 0.414 e. The standard InChI is InChI=1S/C15H20N2O2/c1-10-4-5-13-11(8-10)12-9-16(2)7-6-14(12)17(13)15(18)19-3/h4-5,8,12,14H,6-7,9H2,1-3H3/t12-,14+/m1/s1. The quantitative estimate of drug-likeness (QED) is 0.718. The van der Waals surface area contributed by atoms with E-state index in [1.165, 1.54) is 18.2 Å². The Bertz CT molecular complexity index is 515. The van der Waals surface area contributed by atoms with Gasteiger partial charge in [0.25, 0.3) is 0 Å². The fraction of sp³-hybridized carbons (Fsp3) is 0.533. The molecule has 3 rings (SSSR count). The van der Waals surface area contributed by atoms with E-state index in [1.807, 2.05) is 4.90 Å². The summed E-state index contributed by atoms with van der Waals surface area (Å²) in [5.74, 6) is 0.410. The monoisotopic (exact) mass is 260 g/mol. The van der Waals surface area contributed by atoms with E-state index < -0.39 is 0 Å². The first-order valence-corrected chi connectivity index (χ1v) is 6.78. The lowest BCUT2D eigenvalue weighted by Gasteiger charge is -2.35. The molecule has 1 aromatic carbocycles. The van der Waals surface area contributed by atoms with Crippen molar-refractivity contribution in [2.24, 2.45) is 0 Å². The lowest BCUT2D eigenvalue weighted by molar-refractivity contribution is 0.168. The fourth-order valence-corrected chi connectivity index (χ4v) is 3.42. The fourth-order valence-electron chi connectivity index (χ4n) is 3.42. The molecule has 19 heavy (non-hydrogen) atoms. The van der Waals surface area contributed by atoms with Gasteiger partial charge < -0.3 is 9.64 Å². The van der Waals surface area contributed by atoms with Crippen LogP contribution in [0.3, 0.4) is 0 Å². The predicted molar refractivity (Wildman–Crippen MR) is 74.7 cm³/mol. The van der Waals surface area contributed by atoms with E-state index in [-0.39, 0.29) is 12.1 Å². The van der Waals surface area contributed by atoms with Crippen LogP contribution >= 0.6 is 0 Å². The first kappa shape index (κ1) is 12.5. The molecule has 0 N–H and O–H groups in total. The number of fused-ring (bicyclic) bond motifs is 3. The van der Waals surface area contributed by atoms with Crippen LogP contribution in [-0.2, 0) is 4.74 Å². The Labute approximate surface area is 113 Å². The van der Waals surface area contributed by atoms with Gasteiger partial charge in [0.15, 0.2) is 0 Å². The third-order valence-corrected chi connectivity index (χ3v) is 4.32. The van der Waals surface area contributed by atoms with Gasteiger partial charge in [-0.05, 0) is 38.6 Å². The van der Waals surface area contributed by atoms with Crippen molar-refractivity contribution in [2.45, 2.75) is 25.3 Å². The van der Waals surface area contributed by atoms with E-state index in [0.717, 1.165) is 25.2 Å². The van der Waals surface area contributed by atoms with Gasteiger partial charge in [-0.25, -0.2) is 4.79 Å². The minimum absolute atomic E-state index is 0.234. The molecule has 102 valence electrons. The topological polar surface area (TPSA) is 32.8 Å². The molecule has 0 saturated carbocycles. The molecule has 4 nitrogen and oxygen atoms in total. The number of anilines is 1. The molecule has 0 aromatic heterocycles. The van der Waals surface area contributed by atoms with Crippen LogP contribution in [0.2, 0.25) is 0 Å². The number of carbonyl (C=O) groups excluding carboxylic acids is 1. The minimum Gasteiger partial charge on any atom is -0.452 e. The molecule has 4 heteroatoms. The highest BCUT2D eigenvalue weighted by molar-refractivity contribution is 5.92. The third-order valence-electron chi connectivity index (χ3n) is 4.32. The number of likely N-dealkylation sites (tertiary alicyclic amines) is 1. The van der Waals surface area contributed by atoms with Crippen LogP contribution in [0.5, 0.6) is 0 Å². The summed E-state index contributed by atoms with van der Waals surface area (Å²) in [7, 11) is 3.60. The van der Waals surface area contributed by atoms with E-state index in [1.54, 1.807) is 0 Å². The van der Waals surface area contributed by atoms with Crippen molar-refractivity contribution < 1.29 is 9.53 Å². The van der Waals surface area contributed by atoms with Crippen LogP contribution in [0, 0.1) is 6.92 Å². The number of hydrogen-bond donors (Lipinski definition) is 0. The summed E-state index contributed by atoms with van der Waals surface area (Å²) in [6, 6.07) is 6.59. The van der Waals surface area contributed by atoms with Crippen molar-refractivity contribution in [3.8, 4) is 0 Å². The van der Waals surface area contributed by atoms with E-state index >= 15 is 0 Å². The number of methoxy groups -OCH3 is 1. The molecular weight excluding hydrogens is 240 g/mol. The number of amides is 1. The minimum atomic E-state index is -0.234. The lowest BCUT2D eigenvalue weighted by atomic mass is 9.89.